The number of rotatable bonds is 3. The van der Waals surface area contributed by atoms with Crippen molar-refractivity contribution in [1.82, 2.24) is 0 Å². The van der Waals surface area contributed by atoms with Crippen LogP contribution in [0.3, 0.4) is 0 Å². The summed E-state index contributed by atoms with van der Waals surface area (Å²) < 4.78 is 23.5. The molecule has 0 saturated carbocycles. The van der Waals surface area contributed by atoms with Crippen LogP contribution in [-0.2, 0) is 0 Å². The van der Waals surface area contributed by atoms with E-state index in [1.165, 1.54) is 18.2 Å². The first-order valence-corrected chi connectivity index (χ1v) is 5.34. The molecule has 0 aromatic heterocycles. The second-order valence-electron chi connectivity index (χ2n) is 3.35. The van der Waals surface area contributed by atoms with Crippen LogP contribution in [0.1, 0.15) is 0 Å². The van der Waals surface area contributed by atoms with Crippen LogP contribution >= 0.6 is 11.6 Å². The molecule has 0 spiro atoms. The molecule has 0 radical (unpaired) electrons. The van der Waals surface area contributed by atoms with E-state index >= 15 is 0 Å². The van der Waals surface area contributed by atoms with Crippen molar-refractivity contribution in [2.45, 2.75) is 0 Å². The Morgan fingerprint density at radius 2 is 1.53 bits per heavy atom. The molecule has 2 nitrogen and oxygen atoms in total. The summed E-state index contributed by atoms with van der Waals surface area (Å²) in [5.41, 5.74) is 0. The highest BCUT2D eigenvalue weighted by molar-refractivity contribution is 6.30. The van der Waals surface area contributed by atoms with Gasteiger partial charge in [0.05, 0.1) is 12.1 Å². The predicted octanol–water partition coefficient (Wildman–Crippen LogP) is 4.28. The second-order valence-corrected chi connectivity index (χ2v) is 3.76. The molecule has 0 bridgehead atoms. The van der Waals surface area contributed by atoms with Gasteiger partial charge in [0, 0.05) is 6.07 Å². The molecule has 0 saturated heterocycles. The maximum Gasteiger partial charge on any atom is 0.142 e. The van der Waals surface area contributed by atoms with Gasteiger partial charge in [-0.05, 0) is 36.4 Å². The third-order valence-corrected chi connectivity index (χ3v) is 2.48. The van der Waals surface area contributed by atoms with Gasteiger partial charge in [0.15, 0.2) is 0 Å². The van der Waals surface area contributed by atoms with Gasteiger partial charge >= 0.3 is 0 Å². The number of hydrogen-bond acceptors (Lipinski definition) is 2. The predicted molar refractivity (Wildman–Crippen MR) is 64.5 cm³/mol. The van der Waals surface area contributed by atoms with E-state index in [0.29, 0.717) is 11.5 Å². The average Bonchev–Trinajstić information content (AvgIpc) is 2.35. The summed E-state index contributed by atoms with van der Waals surface area (Å²) in [5.74, 6) is 1.40. The maximum absolute atomic E-state index is 12.9. The molecular formula is C13H10ClFO2. The number of methoxy groups -OCH3 is 1. The van der Waals surface area contributed by atoms with Crippen LogP contribution in [0, 0.1) is 5.82 Å². The molecule has 88 valence electrons. The first-order valence-electron chi connectivity index (χ1n) is 4.96. The maximum atomic E-state index is 12.9. The SMILES string of the molecule is COc1ccc(Oc2ccc(F)c(Cl)c2)cc1. The largest absolute Gasteiger partial charge is 0.497 e. The highest BCUT2D eigenvalue weighted by Crippen LogP contribution is 2.27. The van der Waals surface area contributed by atoms with E-state index in [-0.39, 0.29) is 5.02 Å². The third-order valence-electron chi connectivity index (χ3n) is 2.19. The minimum Gasteiger partial charge on any atom is -0.497 e. The molecule has 17 heavy (non-hydrogen) atoms. The Morgan fingerprint density at radius 3 is 2.12 bits per heavy atom. The summed E-state index contributed by atoms with van der Waals surface area (Å²) in [6.07, 6.45) is 0. The second kappa shape index (κ2) is 5.06. The molecular weight excluding hydrogens is 243 g/mol. The van der Waals surface area contributed by atoms with Gasteiger partial charge < -0.3 is 9.47 Å². The van der Waals surface area contributed by atoms with Crippen molar-refractivity contribution in [3.8, 4) is 17.2 Å². The van der Waals surface area contributed by atoms with E-state index in [9.17, 15) is 4.39 Å². The van der Waals surface area contributed by atoms with E-state index in [1.807, 2.05) is 0 Å². The summed E-state index contributed by atoms with van der Waals surface area (Å²) in [7, 11) is 1.59. The van der Waals surface area contributed by atoms with Crippen molar-refractivity contribution in [1.29, 1.82) is 0 Å². The van der Waals surface area contributed by atoms with E-state index in [2.05, 4.69) is 0 Å². The molecule has 0 aliphatic carbocycles. The Labute approximate surface area is 104 Å². The topological polar surface area (TPSA) is 18.5 Å². The lowest BCUT2D eigenvalue weighted by atomic mass is 10.3. The van der Waals surface area contributed by atoms with Crippen LogP contribution in [0.4, 0.5) is 4.39 Å². The Bertz CT molecular complexity index is 511. The van der Waals surface area contributed by atoms with Gasteiger partial charge in [-0.25, -0.2) is 4.39 Å². The summed E-state index contributed by atoms with van der Waals surface area (Å²) >= 11 is 5.65. The van der Waals surface area contributed by atoms with Crippen molar-refractivity contribution >= 4 is 11.6 Å². The van der Waals surface area contributed by atoms with E-state index in [1.54, 1.807) is 31.4 Å². The number of benzene rings is 2. The molecule has 2 aromatic carbocycles. The first kappa shape index (κ1) is 11.7. The van der Waals surface area contributed by atoms with Crippen molar-refractivity contribution < 1.29 is 13.9 Å². The normalized spacial score (nSPS) is 10.1. The van der Waals surface area contributed by atoms with Gasteiger partial charge in [-0.1, -0.05) is 11.6 Å². The molecule has 2 aromatic rings. The van der Waals surface area contributed by atoms with Gasteiger partial charge in [-0.3, -0.25) is 0 Å². The Morgan fingerprint density at radius 1 is 0.941 bits per heavy atom. The number of ether oxygens (including phenoxy) is 2. The van der Waals surface area contributed by atoms with E-state index < -0.39 is 5.82 Å². The highest BCUT2D eigenvalue weighted by Gasteiger charge is 2.03. The van der Waals surface area contributed by atoms with Gasteiger partial charge in [0.2, 0.25) is 0 Å². The Balaban J connectivity index is 2.16. The van der Waals surface area contributed by atoms with Crippen molar-refractivity contribution in [2.75, 3.05) is 7.11 Å². The fourth-order valence-electron chi connectivity index (χ4n) is 1.32. The van der Waals surface area contributed by atoms with E-state index in [0.717, 1.165) is 5.75 Å². The minimum absolute atomic E-state index is 0.0380. The van der Waals surface area contributed by atoms with Crippen LogP contribution in [0.5, 0.6) is 17.2 Å². The molecule has 0 fully saturated rings. The smallest absolute Gasteiger partial charge is 0.142 e. The number of halogens is 2. The molecule has 0 atom stereocenters. The lowest BCUT2D eigenvalue weighted by Gasteiger charge is -2.07. The van der Waals surface area contributed by atoms with Crippen LogP contribution in [0.15, 0.2) is 42.5 Å². The van der Waals surface area contributed by atoms with Crippen LogP contribution in [0.2, 0.25) is 5.02 Å². The lowest BCUT2D eigenvalue weighted by Crippen LogP contribution is -1.86. The van der Waals surface area contributed by atoms with Crippen LogP contribution in [-0.4, -0.2) is 7.11 Å². The van der Waals surface area contributed by atoms with E-state index in [4.69, 9.17) is 21.1 Å². The van der Waals surface area contributed by atoms with Gasteiger partial charge in [-0.2, -0.15) is 0 Å². The van der Waals surface area contributed by atoms with Crippen molar-refractivity contribution in [3.05, 3.63) is 53.3 Å². The average molecular weight is 253 g/mol. The van der Waals surface area contributed by atoms with Gasteiger partial charge in [-0.15, -0.1) is 0 Å². The monoisotopic (exact) mass is 252 g/mol. The molecule has 0 N–H and O–H groups in total. The molecule has 4 heteroatoms. The van der Waals surface area contributed by atoms with Crippen molar-refractivity contribution in [2.24, 2.45) is 0 Å². The highest BCUT2D eigenvalue weighted by atomic mass is 35.5. The molecule has 0 aliphatic heterocycles. The Hall–Kier alpha value is -1.74. The zero-order chi connectivity index (χ0) is 12.3. The number of hydrogen-bond donors (Lipinski definition) is 0. The summed E-state index contributed by atoms with van der Waals surface area (Å²) in [4.78, 5) is 0. The molecule has 0 aliphatic rings. The van der Waals surface area contributed by atoms with Gasteiger partial charge in [0.1, 0.15) is 23.1 Å². The van der Waals surface area contributed by atoms with Gasteiger partial charge in [0.25, 0.3) is 0 Å². The fraction of sp³-hybridized carbons (Fsp3) is 0.0769. The zero-order valence-corrected chi connectivity index (χ0v) is 9.87. The standard InChI is InChI=1S/C13H10ClFO2/c1-16-9-2-4-10(5-3-9)17-11-6-7-13(15)12(14)8-11/h2-8H,1H3. The zero-order valence-electron chi connectivity index (χ0n) is 9.11. The first-order chi connectivity index (χ1) is 8.19. The minimum atomic E-state index is -0.464. The quantitative estimate of drug-likeness (QED) is 0.812. The van der Waals surface area contributed by atoms with Crippen molar-refractivity contribution in [3.63, 3.8) is 0 Å². The molecule has 2 rings (SSSR count). The lowest BCUT2D eigenvalue weighted by molar-refractivity contribution is 0.413. The van der Waals surface area contributed by atoms with Crippen LogP contribution in [0.25, 0.3) is 0 Å². The molecule has 0 amide bonds. The summed E-state index contributed by atoms with van der Waals surface area (Å²) in [6, 6.07) is 11.3. The summed E-state index contributed by atoms with van der Waals surface area (Å²) in [5, 5.41) is 0.0380. The molecule has 0 heterocycles. The fourth-order valence-corrected chi connectivity index (χ4v) is 1.49. The third kappa shape index (κ3) is 2.88. The Kier molecular flexibility index (Phi) is 3.49. The summed E-state index contributed by atoms with van der Waals surface area (Å²) in [6.45, 7) is 0. The molecule has 0 unspecified atom stereocenters. The van der Waals surface area contributed by atoms with Crippen LogP contribution < -0.4 is 9.47 Å².